The third-order valence-corrected chi connectivity index (χ3v) is 9.02. The summed E-state index contributed by atoms with van der Waals surface area (Å²) in [6.45, 7) is 5.01. The molecule has 2 atom stereocenters. The van der Waals surface area contributed by atoms with Gasteiger partial charge in [0.15, 0.2) is 0 Å². The highest BCUT2D eigenvalue weighted by atomic mass is 79.9. The second-order valence-electron chi connectivity index (χ2n) is 9.09. The molecule has 3 rings (SSSR count). The first kappa shape index (κ1) is 30.9. The van der Waals surface area contributed by atoms with Gasteiger partial charge >= 0.3 is 0 Å². The van der Waals surface area contributed by atoms with Gasteiger partial charge in [0.05, 0.1) is 10.6 Å². The van der Waals surface area contributed by atoms with Gasteiger partial charge in [0.2, 0.25) is 11.8 Å². The number of carbonyl (C=O) groups excluding carboxylic acids is 2. The molecule has 11 heteroatoms. The Morgan fingerprint density at radius 2 is 1.59 bits per heavy atom. The molecule has 0 fully saturated rings. The monoisotopic (exact) mass is 653 g/mol. The summed E-state index contributed by atoms with van der Waals surface area (Å²) >= 11 is 15.6. The predicted molar refractivity (Wildman–Crippen MR) is 159 cm³/mol. The highest BCUT2D eigenvalue weighted by Gasteiger charge is 2.33. The summed E-state index contributed by atoms with van der Waals surface area (Å²) in [5, 5.41) is 3.60. The molecular weight excluding hydrogens is 625 g/mol. The number of nitrogens with zero attached hydrogens (tertiary/aromatic N) is 2. The molecule has 2 amide bonds. The molecule has 0 spiro atoms. The number of nitrogens with one attached hydrogen (secondary N) is 1. The van der Waals surface area contributed by atoms with E-state index < -0.39 is 28.5 Å². The number of benzene rings is 3. The van der Waals surface area contributed by atoms with E-state index >= 15 is 0 Å². The summed E-state index contributed by atoms with van der Waals surface area (Å²) in [5.74, 6) is -0.882. The van der Waals surface area contributed by atoms with E-state index in [1.807, 2.05) is 38.1 Å². The Morgan fingerprint density at radius 3 is 2.18 bits per heavy atom. The molecule has 0 aliphatic carbocycles. The maximum absolute atomic E-state index is 13.9. The predicted octanol–water partition coefficient (Wildman–Crippen LogP) is 6.28. The molecule has 0 radical (unpaired) electrons. The van der Waals surface area contributed by atoms with Crippen molar-refractivity contribution < 1.29 is 18.0 Å². The van der Waals surface area contributed by atoms with Crippen LogP contribution < -0.4 is 9.62 Å². The van der Waals surface area contributed by atoms with E-state index in [4.69, 9.17) is 23.2 Å². The highest BCUT2D eigenvalue weighted by molar-refractivity contribution is 9.10. The summed E-state index contributed by atoms with van der Waals surface area (Å²) in [4.78, 5) is 28.3. The average Bonchev–Trinajstić information content (AvgIpc) is 2.90. The zero-order chi connectivity index (χ0) is 28.7. The number of halogens is 3. The number of rotatable bonds is 11. The van der Waals surface area contributed by atoms with Crippen LogP contribution >= 0.6 is 39.1 Å². The molecule has 1 N–H and O–H groups in total. The van der Waals surface area contributed by atoms with Crippen molar-refractivity contribution in [2.24, 2.45) is 0 Å². The lowest BCUT2D eigenvalue weighted by molar-refractivity contribution is -0.139. The Morgan fingerprint density at radius 1 is 0.949 bits per heavy atom. The first-order chi connectivity index (χ1) is 18.4. The third-order valence-electron chi connectivity index (χ3n) is 6.21. The van der Waals surface area contributed by atoms with E-state index in [1.54, 1.807) is 25.1 Å². The lowest BCUT2D eigenvalue weighted by Crippen LogP contribution is -2.52. The number of amides is 2. The molecule has 208 valence electrons. The molecule has 0 aliphatic heterocycles. The van der Waals surface area contributed by atoms with Gasteiger partial charge in [0.1, 0.15) is 12.6 Å². The molecule has 0 aromatic heterocycles. The lowest BCUT2D eigenvalue weighted by atomic mass is 10.1. The first-order valence-corrected chi connectivity index (χ1v) is 15.3. The van der Waals surface area contributed by atoms with Gasteiger partial charge in [0.25, 0.3) is 10.0 Å². The van der Waals surface area contributed by atoms with E-state index in [-0.39, 0.29) is 29.1 Å². The Hall–Kier alpha value is -2.59. The van der Waals surface area contributed by atoms with Crippen molar-refractivity contribution in [1.29, 1.82) is 0 Å². The minimum absolute atomic E-state index is 0.0401. The number of anilines is 1. The standard InChI is InChI=1S/C28H30BrCl2N3O4S/c1-4-19(2)32-28(36)20(3)33(17-21-8-10-22(29)11-9-21)27(35)18-34(25-7-5-6-24(31)16-25)39(37,38)26-14-12-23(30)13-15-26/h5-16,19-20H,4,17-18H2,1-3H3,(H,32,36)/t19-,20-/m0/s1. The Balaban J connectivity index is 2.02. The fraction of sp³-hybridized carbons (Fsp3) is 0.286. The fourth-order valence-electron chi connectivity index (χ4n) is 3.73. The molecule has 3 aromatic rings. The summed E-state index contributed by atoms with van der Waals surface area (Å²) in [7, 11) is -4.20. The van der Waals surface area contributed by atoms with Crippen molar-refractivity contribution in [3.05, 3.63) is 92.9 Å². The van der Waals surface area contributed by atoms with E-state index in [0.29, 0.717) is 10.0 Å². The minimum Gasteiger partial charge on any atom is -0.352 e. The molecule has 0 bridgehead atoms. The molecule has 0 heterocycles. The quantitative estimate of drug-likeness (QED) is 0.264. The van der Waals surface area contributed by atoms with Crippen molar-refractivity contribution in [3.8, 4) is 0 Å². The second-order valence-corrected chi connectivity index (χ2v) is 12.7. The van der Waals surface area contributed by atoms with Crippen LogP contribution in [0, 0.1) is 0 Å². The topological polar surface area (TPSA) is 86.8 Å². The molecule has 39 heavy (non-hydrogen) atoms. The van der Waals surface area contributed by atoms with Gasteiger partial charge in [-0.3, -0.25) is 13.9 Å². The zero-order valence-electron chi connectivity index (χ0n) is 21.8. The smallest absolute Gasteiger partial charge is 0.264 e. The van der Waals surface area contributed by atoms with E-state index in [2.05, 4.69) is 21.2 Å². The number of hydrogen-bond acceptors (Lipinski definition) is 4. The Labute approximate surface area is 248 Å². The minimum atomic E-state index is -4.20. The van der Waals surface area contributed by atoms with E-state index in [0.717, 1.165) is 20.8 Å². The van der Waals surface area contributed by atoms with Gasteiger partial charge in [0, 0.05) is 27.1 Å². The normalized spacial score (nSPS) is 12.9. The van der Waals surface area contributed by atoms with Gasteiger partial charge in [-0.1, -0.05) is 64.3 Å². The zero-order valence-corrected chi connectivity index (χ0v) is 25.7. The van der Waals surface area contributed by atoms with Crippen LogP contribution in [0.3, 0.4) is 0 Å². The lowest BCUT2D eigenvalue weighted by Gasteiger charge is -2.32. The molecule has 0 aliphatic rings. The van der Waals surface area contributed by atoms with Crippen LogP contribution in [0.25, 0.3) is 0 Å². The molecule has 3 aromatic carbocycles. The largest absolute Gasteiger partial charge is 0.352 e. The SMILES string of the molecule is CC[C@H](C)NC(=O)[C@H](C)N(Cc1ccc(Br)cc1)C(=O)CN(c1cccc(Cl)c1)S(=O)(=O)c1ccc(Cl)cc1. The third kappa shape index (κ3) is 8.20. The van der Waals surface area contributed by atoms with Crippen LogP contribution in [0.15, 0.2) is 82.2 Å². The molecule has 0 saturated carbocycles. The highest BCUT2D eigenvalue weighted by Crippen LogP contribution is 2.27. The van der Waals surface area contributed by atoms with Gasteiger partial charge < -0.3 is 10.2 Å². The molecular formula is C28H30BrCl2N3O4S. The van der Waals surface area contributed by atoms with Crippen LogP contribution in [0.1, 0.15) is 32.8 Å². The van der Waals surface area contributed by atoms with Gasteiger partial charge in [-0.05, 0) is 80.4 Å². The van der Waals surface area contributed by atoms with Crippen LogP contribution in [-0.2, 0) is 26.2 Å². The van der Waals surface area contributed by atoms with Crippen LogP contribution in [0.5, 0.6) is 0 Å². The number of carbonyl (C=O) groups is 2. The van der Waals surface area contributed by atoms with Crippen LogP contribution in [-0.4, -0.2) is 43.8 Å². The van der Waals surface area contributed by atoms with Gasteiger partial charge in [-0.25, -0.2) is 8.42 Å². The summed E-state index contributed by atoms with van der Waals surface area (Å²) in [6.07, 6.45) is 0.723. The fourth-order valence-corrected chi connectivity index (χ4v) is 5.71. The van der Waals surface area contributed by atoms with Crippen LogP contribution in [0.4, 0.5) is 5.69 Å². The van der Waals surface area contributed by atoms with Gasteiger partial charge in [-0.15, -0.1) is 0 Å². The van der Waals surface area contributed by atoms with Crippen molar-refractivity contribution >= 4 is 66.7 Å². The van der Waals surface area contributed by atoms with Crippen molar-refractivity contribution in [2.45, 2.75) is 50.7 Å². The average molecular weight is 655 g/mol. The van der Waals surface area contributed by atoms with Gasteiger partial charge in [-0.2, -0.15) is 0 Å². The van der Waals surface area contributed by atoms with Crippen LogP contribution in [0.2, 0.25) is 10.0 Å². The van der Waals surface area contributed by atoms with E-state index in [1.165, 1.54) is 35.2 Å². The first-order valence-electron chi connectivity index (χ1n) is 12.3. The molecule has 7 nitrogen and oxygen atoms in total. The number of sulfonamides is 1. The second kappa shape index (κ2) is 13.7. The van der Waals surface area contributed by atoms with E-state index in [9.17, 15) is 18.0 Å². The number of hydrogen-bond donors (Lipinski definition) is 1. The van der Waals surface area contributed by atoms with Crippen molar-refractivity contribution in [2.75, 3.05) is 10.8 Å². The van der Waals surface area contributed by atoms with Crippen molar-refractivity contribution in [3.63, 3.8) is 0 Å². The maximum Gasteiger partial charge on any atom is 0.264 e. The summed E-state index contributed by atoms with van der Waals surface area (Å²) in [6, 6.07) is 18.3. The molecule has 0 unspecified atom stereocenters. The van der Waals surface area contributed by atoms with Crippen molar-refractivity contribution in [1.82, 2.24) is 10.2 Å². The maximum atomic E-state index is 13.9. The molecule has 0 saturated heterocycles. The Bertz CT molecular complexity index is 1400. The summed E-state index contributed by atoms with van der Waals surface area (Å²) in [5.41, 5.74) is 0.996. The Kier molecular flexibility index (Phi) is 10.8. The summed E-state index contributed by atoms with van der Waals surface area (Å²) < 4.78 is 29.4.